The fraction of sp³-hybridized carbons (Fsp3) is 0.500. The van der Waals surface area contributed by atoms with E-state index in [0.29, 0.717) is 0 Å². The van der Waals surface area contributed by atoms with Crippen molar-refractivity contribution in [2.75, 3.05) is 26.7 Å². The van der Waals surface area contributed by atoms with E-state index in [9.17, 15) is 0 Å². The van der Waals surface area contributed by atoms with Crippen LogP contribution >= 0.6 is 0 Å². The molecule has 0 radical (unpaired) electrons. The molecule has 0 fully saturated rings. The van der Waals surface area contributed by atoms with Gasteiger partial charge in [-0.05, 0) is 19.2 Å². The average molecular weight is 192 g/mol. The quantitative estimate of drug-likeness (QED) is 0.691. The normalized spacial score (nSPS) is 10.8. The Morgan fingerprint density at radius 1 is 1.21 bits per heavy atom. The van der Waals surface area contributed by atoms with Crippen LogP contribution in [0.25, 0.3) is 0 Å². The summed E-state index contributed by atoms with van der Waals surface area (Å²) < 4.78 is 0. The van der Waals surface area contributed by atoms with Gasteiger partial charge in [0, 0.05) is 19.6 Å². The molecule has 1 aromatic carbocycles. The third kappa shape index (κ3) is 4.40. The summed E-state index contributed by atoms with van der Waals surface area (Å²) >= 11 is 0. The highest BCUT2D eigenvalue weighted by Crippen LogP contribution is 2.01. The minimum absolute atomic E-state index is 1.03. The van der Waals surface area contributed by atoms with Gasteiger partial charge in [0.15, 0.2) is 0 Å². The molecule has 0 aliphatic carbocycles. The number of hydrogen-bond acceptors (Lipinski definition) is 2. The standard InChI is InChI=1S/C12H20N2/c1-3-13-9-10-14(2)11-12-7-5-4-6-8-12/h4-8,13H,3,9-11H2,1-2H3. The Balaban J connectivity index is 2.23. The largest absolute Gasteiger partial charge is 0.316 e. The number of hydrogen-bond donors (Lipinski definition) is 1. The molecule has 0 saturated carbocycles. The SMILES string of the molecule is CCNCCN(C)Cc1ccccc1. The third-order valence-electron chi connectivity index (χ3n) is 2.22. The lowest BCUT2D eigenvalue weighted by atomic mass is 10.2. The molecular formula is C12H20N2. The molecule has 0 amide bonds. The van der Waals surface area contributed by atoms with E-state index < -0.39 is 0 Å². The zero-order valence-corrected chi connectivity index (χ0v) is 9.16. The van der Waals surface area contributed by atoms with Gasteiger partial charge in [-0.3, -0.25) is 0 Å². The van der Waals surface area contributed by atoms with E-state index in [1.807, 2.05) is 0 Å². The van der Waals surface area contributed by atoms with Gasteiger partial charge in [-0.15, -0.1) is 0 Å². The van der Waals surface area contributed by atoms with Crippen molar-refractivity contribution in [3.05, 3.63) is 35.9 Å². The number of likely N-dealkylation sites (N-methyl/N-ethyl adjacent to an activating group) is 2. The Morgan fingerprint density at radius 2 is 1.93 bits per heavy atom. The van der Waals surface area contributed by atoms with E-state index in [1.54, 1.807) is 0 Å². The lowest BCUT2D eigenvalue weighted by Crippen LogP contribution is -2.28. The van der Waals surface area contributed by atoms with Gasteiger partial charge in [0.2, 0.25) is 0 Å². The maximum absolute atomic E-state index is 3.32. The Kier molecular flexibility index (Phi) is 5.27. The average Bonchev–Trinajstić information content (AvgIpc) is 2.20. The van der Waals surface area contributed by atoms with Gasteiger partial charge in [0.25, 0.3) is 0 Å². The Hall–Kier alpha value is -0.860. The molecule has 2 nitrogen and oxygen atoms in total. The summed E-state index contributed by atoms with van der Waals surface area (Å²) in [6.07, 6.45) is 0. The first-order valence-corrected chi connectivity index (χ1v) is 5.26. The van der Waals surface area contributed by atoms with Crippen LogP contribution < -0.4 is 5.32 Å². The van der Waals surface area contributed by atoms with Crippen LogP contribution in [-0.2, 0) is 6.54 Å². The van der Waals surface area contributed by atoms with E-state index in [-0.39, 0.29) is 0 Å². The number of nitrogens with zero attached hydrogens (tertiary/aromatic N) is 1. The molecule has 1 rings (SSSR count). The lowest BCUT2D eigenvalue weighted by molar-refractivity contribution is 0.325. The summed E-state index contributed by atoms with van der Waals surface area (Å²) in [4.78, 5) is 2.33. The molecule has 0 aliphatic rings. The topological polar surface area (TPSA) is 15.3 Å². The van der Waals surface area contributed by atoms with Gasteiger partial charge in [-0.25, -0.2) is 0 Å². The summed E-state index contributed by atoms with van der Waals surface area (Å²) in [6, 6.07) is 10.6. The number of rotatable bonds is 6. The molecule has 0 unspecified atom stereocenters. The first-order valence-electron chi connectivity index (χ1n) is 5.26. The molecule has 1 aromatic rings. The third-order valence-corrected chi connectivity index (χ3v) is 2.22. The van der Waals surface area contributed by atoms with Crippen LogP contribution in [-0.4, -0.2) is 31.6 Å². The maximum Gasteiger partial charge on any atom is 0.0231 e. The predicted molar refractivity (Wildman–Crippen MR) is 61.3 cm³/mol. The van der Waals surface area contributed by atoms with Crippen molar-refractivity contribution in [3.63, 3.8) is 0 Å². The highest BCUT2D eigenvalue weighted by molar-refractivity contribution is 5.14. The molecule has 0 bridgehead atoms. The Labute approximate surface area is 86.9 Å². The molecule has 2 heteroatoms. The molecule has 0 aliphatic heterocycles. The number of nitrogens with one attached hydrogen (secondary N) is 1. The molecule has 0 saturated heterocycles. The van der Waals surface area contributed by atoms with Crippen molar-refractivity contribution in [1.29, 1.82) is 0 Å². The first-order chi connectivity index (χ1) is 6.83. The van der Waals surface area contributed by atoms with E-state index in [4.69, 9.17) is 0 Å². The molecule has 1 N–H and O–H groups in total. The second kappa shape index (κ2) is 6.57. The lowest BCUT2D eigenvalue weighted by Gasteiger charge is -2.16. The highest BCUT2D eigenvalue weighted by atomic mass is 15.1. The van der Waals surface area contributed by atoms with Crippen LogP contribution in [0.3, 0.4) is 0 Å². The zero-order valence-electron chi connectivity index (χ0n) is 9.16. The monoisotopic (exact) mass is 192 g/mol. The van der Waals surface area contributed by atoms with Crippen molar-refractivity contribution < 1.29 is 0 Å². The van der Waals surface area contributed by atoms with Crippen molar-refractivity contribution in [1.82, 2.24) is 10.2 Å². The predicted octanol–water partition coefficient (Wildman–Crippen LogP) is 1.73. The van der Waals surface area contributed by atoms with Crippen molar-refractivity contribution in [2.24, 2.45) is 0 Å². The summed E-state index contributed by atoms with van der Waals surface area (Å²) in [5.74, 6) is 0. The van der Waals surface area contributed by atoms with Gasteiger partial charge in [0.1, 0.15) is 0 Å². The van der Waals surface area contributed by atoms with Gasteiger partial charge in [-0.1, -0.05) is 37.3 Å². The van der Waals surface area contributed by atoms with Gasteiger partial charge < -0.3 is 10.2 Å². The Bertz CT molecular complexity index is 233. The molecular weight excluding hydrogens is 172 g/mol. The van der Waals surface area contributed by atoms with Gasteiger partial charge in [0.05, 0.1) is 0 Å². The van der Waals surface area contributed by atoms with Crippen molar-refractivity contribution in [3.8, 4) is 0 Å². The van der Waals surface area contributed by atoms with E-state index >= 15 is 0 Å². The second-order valence-corrected chi connectivity index (χ2v) is 3.58. The molecule has 0 atom stereocenters. The van der Waals surface area contributed by atoms with Crippen LogP contribution in [0.15, 0.2) is 30.3 Å². The summed E-state index contributed by atoms with van der Waals surface area (Å²) in [6.45, 7) is 6.39. The number of benzene rings is 1. The minimum Gasteiger partial charge on any atom is -0.316 e. The van der Waals surface area contributed by atoms with E-state index in [2.05, 4.69) is 54.5 Å². The molecule has 0 spiro atoms. The fourth-order valence-corrected chi connectivity index (χ4v) is 1.42. The van der Waals surface area contributed by atoms with Crippen LogP contribution in [0.1, 0.15) is 12.5 Å². The fourth-order valence-electron chi connectivity index (χ4n) is 1.42. The summed E-state index contributed by atoms with van der Waals surface area (Å²) in [5, 5.41) is 3.32. The Morgan fingerprint density at radius 3 is 2.57 bits per heavy atom. The molecule has 14 heavy (non-hydrogen) atoms. The molecule has 0 heterocycles. The van der Waals surface area contributed by atoms with Gasteiger partial charge >= 0.3 is 0 Å². The second-order valence-electron chi connectivity index (χ2n) is 3.58. The van der Waals surface area contributed by atoms with Crippen molar-refractivity contribution in [2.45, 2.75) is 13.5 Å². The van der Waals surface area contributed by atoms with E-state index in [1.165, 1.54) is 5.56 Å². The highest BCUT2D eigenvalue weighted by Gasteiger charge is 1.98. The van der Waals surface area contributed by atoms with Crippen LogP contribution in [0.2, 0.25) is 0 Å². The van der Waals surface area contributed by atoms with Gasteiger partial charge in [-0.2, -0.15) is 0 Å². The van der Waals surface area contributed by atoms with Crippen LogP contribution in [0, 0.1) is 0 Å². The minimum atomic E-state index is 1.03. The zero-order chi connectivity index (χ0) is 10.2. The van der Waals surface area contributed by atoms with Crippen LogP contribution in [0.5, 0.6) is 0 Å². The smallest absolute Gasteiger partial charge is 0.0231 e. The summed E-state index contributed by atoms with van der Waals surface area (Å²) in [7, 11) is 2.16. The summed E-state index contributed by atoms with van der Waals surface area (Å²) in [5.41, 5.74) is 1.38. The first kappa shape index (κ1) is 11.2. The van der Waals surface area contributed by atoms with Crippen LogP contribution in [0.4, 0.5) is 0 Å². The molecule has 78 valence electrons. The van der Waals surface area contributed by atoms with Crippen molar-refractivity contribution >= 4 is 0 Å². The van der Waals surface area contributed by atoms with E-state index in [0.717, 1.165) is 26.2 Å². The maximum atomic E-state index is 3.32. The molecule has 0 aromatic heterocycles.